The largest absolute Gasteiger partial charge is 0.380 e. The van der Waals surface area contributed by atoms with Crippen molar-refractivity contribution in [2.75, 3.05) is 0 Å². The number of imidazole rings is 1. The Morgan fingerprint density at radius 1 is 1.33 bits per heavy atom. The lowest BCUT2D eigenvalue weighted by Gasteiger charge is -2.10. The lowest BCUT2D eigenvalue weighted by molar-refractivity contribution is 0.206. The van der Waals surface area contributed by atoms with Crippen molar-refractivity contribution >= 4 is 11.6 Å². The molecule has 0 aliphatic rings. The third-order valence-corrected chi connectivity index (χ3v) is 2.68. The maximum Gasteiger partial charge on any atom is 0.143 e. The third kappa shape index (κ3) is 1.89. The second-order valence-electron chi connectivity index (χ2n) is 3.31. The maximum atomic E-state index is 10.0. The summed E-state index contributed by atoms with van der Waals surface area (Å²) < 4.78 is 1.67. The van der Waals surface area contributed by atoms with Crippen molar-refractivity contribution in [3.05, 3.63) is 53.1 Å². The molecule has 0 aliphatic heterocycles. The molecule has 1 heterocycles. The average molecular weight is 223 g/mol. The van der Waals surface area contributed by atoms with Crippen LogP contribution in [-0.2, 0) is 7.05 Å². The molecule has 1 N–H and O–H groups in total. The number of nitrogens with zero attached hydrogens (tertiary/aromatic N) is 2. The Bertz CT molecular complexity index is 453. The van der Waals surface area contributed by atoms with E-state index in [4.69, 9.17) is 11.6 Å². The molecule has 0 saturated carbocycles. The Labute approximate surface area is 93.0 Å². The number of halogens is 1. The highest BCUT2D eigenvalue weighted by Gasteiger charge is 2.15. The van der Waals surface area contributed by atoms with Crippen molar-refractivity contribution in [3.63, 3.8) is 0 Å². The van der Waals surface area contributed by atoms with Gasteiger partial charge in [0, 0.05) is 7.05 Å². The summed E-state index contributed by atoms with van der Waals surface area (Å²) in [6, 6.07) is 9.37. The van der Waals surface area contributed by atoms with Crippen LogP contribution < -0.4 is 0 Å². The Morgan fingerprint density at radius 3 is 2.53 bits per heavy atom. The molecule has 0 fully saturated rings. The molecule has 0 amide bonds. The summed E-state index contributed by atoms with van der Waals surface area (Å²) in [5.74, 6) is 0.547. The van der Waals surface area contributed by atoms with Gasteiger partial charge in [-0.1, -0.05) is 41.9 Å². The molecule has 78 valence electrons. The highest BCUT2D eigenvalue weighted by molar-refractivity contribution is 6.29. The van der Waals surface area contributed by atoms with Gasteiger partial charge in [0.15, 0.2) is 0 Å². The monoisotopic (exact) mass is 222 g/mol. The molecular formula is C11H11ClN2O. The predicted molar refractivity (Wildman–Crippen MR) is 58.7 cm³/mol. The number of aromatic nitrogens is 2. The van der Waals surface area contributed by atoms with Gasteiger partial charge in [-0.15, -0.1) is 0 Å². The number of aliphatic hydroxyl groups is 1. The normalized spacial score (nSPS) is 12.7. The van der Waals surface area contributed by atoms with Gasteiger partial charge in [-0.25, -0.2) is 4.98 Å². The van der Waals surface area contributed by atoms with Crippen LogP contribution in [0.15, 0.2) is 36.5 Å². The lowest BCUT2D eigenvalue weighted by Crippen LogP contribution is -2.07. The third-order valence-electron chi connectivity index (χ3n) is 2.33. The number of rotatable bonds is 2. The number of hydrogen-bond acceptors (Lipinski definition) is 2. The predicted octanol–water partition coefficient (Wildman–Crippen LogP) is 2.16. The zero-order valence-electron chi connectivity index (χ0n) is 8.26. The van der Waals surface area contributed by atoms with Gasteiger partial charge in [-0.3, -0.25) is 0 Å². The van der Waals surface area contributed by atoms with Crippen molar-refractivity contribution in [1.82, 2.24) is 9.55 Å². The Hall–Kier alpha value is -1.32. The average Bonchev–Trinajstić information content (AvgIpc) is 2.60. The van der Waals surface area contributed by atoms with Crippen molar-refractivity contribution in [3.8, 4) is 0 Å². The van der Waals surface area contributed by atoms with Crippen LogP contribution in [0.25, 0.3) is 0 Å². The van der Waals surface area contributed by atoms with Gasteiger partial charge in [0.1, 0.15) is 17.1 Å². The molecule has 0 radical (unpaired) electrons. The minimum atomic E-state index is -0.733. The first-order valence-corrected chi connectivity index (χ1v) is 4.98. The molecule has 2 aromatic rings. The molecule has 3 nitrogen and oxygen atoms in total. The quantitative estimate of drug-likeness (QED) is 0.846. The van der Waals surface area contributed by atoms with Crippen LogP contribution in [0.5, 0.6) is 0 Å². The molecule has 4 heteroatoms. The fourth-order valence-corrected chi connectivity index (χ4v) is 1.58. The van der Waals surface area contributed by atoms with Crippen LogP contribution in [0, 0.1) is 0 Å². The molecule has 1 aromatic heterocycles. The van der Waals surface area contributed by atoms with Gasteiger partial charge < -0.3 is 9.67 Å². The lowest BCUT2D eigenvalue weighted by atomic mass is 10.1. The summed E-state index contributed by atoms with van der Waals surface area (Å²) >= 11 is 5.85. The van der Waals surface area contributed by atoms with Crippen LogP contribution in [0.2, 0.25) is 5.15 Å². The Morgan fingerprint density at radius 2 is 2.00 bits per heavy atom. The highest BCUT2D eigenvalue weighted by atomic mass is 35.5. The van der Waals surface area contributed by atoms with Crippen LogP contribution in [-0.4, -0.2) is 14.7 Å². The molecule has 0 aliphatic carbocycles. The van der Waals surface area contributed by atoms with Crippen LogP contribution >= 0.6 is 11.6 Å². The van der Waals surface area contributed by atoms with Crippen molar-refractivity contribution in [2.24, 2.45) is 7.05 Å². The first-order valence-electron chi connectivity index (χ1n) is 4.60. The van der Waals surface area contributed by atoms with E-state index in [9.17, 15) is 5.11 Å². The second kappa shape index (κ2) is 4.04. The van der Waals surface area contributed by atoms with Gasteiger partial charge in [0.25, 0.3) is 0 Å². The van der Waals surface area contributed by atoms with Crippen LogP contribution in [0.1, 0.15) is 17.5 Å². The molecule has 1 aromatic carbocycles. The molecule has 15 heavy (non-hydrogen) atoms. The van der Waals surface area contributed by atoms with E-state index in [1.165, 1.54) is 6.20 Å². The van der Waals surface area contributed by atoms with E-state index in [2.05, 4.69) is 4.98 Å². The van der Waals surface area contributed by atoms with Crippen molar-refractivity contribution < 1.29 is 5.11 Å². The maximum absolute atomic E-state index is 10.0. The standard InChI is InChI=1S/C11H11ClN2O/c1-14-9(12)7-13-11(14)10(15)8-5-3-2-4-6-8/h2-7,10,15H,1H3/t10-/m1/s1. The number of aliphatic hydroxyl groups excluding tert-OH is 1. The van der Waals surface area contributed by atoms with Gasteiger partial charge in [-0.2, -0.15) is 0 Å². The fraction of sp³-hybridized carbons (Fsp3) is 0.182. The van der Waals surface area contributed by atoms with Gasteiger partial charge in [0.2, 0.25) is 0 Å². The summed E-state index contributed by atoms with van der Waals surface area (Å²) in [6.07, 6.45) is 0.798. The summed E-state index contributed by atoms with van der Waals surface area (Å²) in [7, 11) is 1.77. The van der Waals surface area contributed by atoms with Gasteiger partial charge >= 0.3 is 0 Å². The first kappa shape index (κ1) is 10.2. The van der Waals surface area contributed by atoms with E-state index in [0.717, 1.165) is 5.56 Å². The van der Waals surface area contributed by atoms with E-state index < -0.39 is 6.10 Å². The van der Waals surface area contributed by atoms with E-state index >= 15 is 0 Å². The zero-order chi connectivity index (χ0) is 10.8. The molecule has 0 saturated heterocycles. The Kier molecular flexibility index (Phi) is 2.75. The Balaban J connectivity index is 2.37. The minimum absolute atomic E-state index is 0.514. The van der Waals surface area contributed by atoms with E-state index in [1.54, 1.807) is 11.6 Å². The molecule has 0 spiro atoms. The summed E-state index contributed by atoms with van der Waals surface area (Å²) in [5, 5.41) is 10.6. The van der Waals surface area contributed by atoms with Crippen molar-refractivity contribution in [2.45, 2.75) is 6.10 Å². The summed E-state index contributed by atoms with van der Waals surface area (Å²) in [6.45, 7) is 0. The molecule has 2 rings (SSSR count). The smallest absolute Gasteiger partial charge is 0.143 e. The molecule has 0 unspecified atom stereocenters. The molecule has 1 atom stereocenters. The number of hydrogen-bond donors (Lipinski definition) is 1. The van der Waals surface area contributed by atoms with Crippen LogP contribution in [0.4, 0.5) is 0 Å². The first-order chi connectivity index (χ1) is 7.20. The summed E-state index contributed by atoms with van der Waals surface area (Å²) in [5.41, 5.74) is 0.808. The fourth-order valence-electron chi connectivity index (χ4n) is 1.44. The highest BCUT2D eigenvalue weighted by Crippen LogP contribution is 2.22. The topological polar surface area (TPSA) is 38.0 Å². The molecular weight excluding hydrogens is 212 g/mol. The minimum Gasteiger partial charge on any atom is -0.380 e. The summed E-state index contributed by atoms with van der Waals surface area (Å²) in [4.78, 5) is 4.07. The van der Waals surface area contributed by atoms with Gasteiger partial charge in [0.05, 0.1) is 6.20 Å². The molecule has 0 bridgehead atoms. The van der Waals surface area contributed by atoms with Crippen molar-refractivity contribution in [1.29, 1.82) is 0 Å². The van der Waals surface area contributed by atoms with E-state index in [-0.39, 0.29) is 0 Å². The number of benzene rings is 1. The van der Waals surface area contributed by atoms with Crippen LogP contribution in [0.3, 0.4) is 0 Å². The van der Waals surface area contributed by atoms with E-state index in [1.807, 2.05) is 30.3 Å². The SMILES string of the molecule is Cn1c(Cl)cnc1[C@H](O)c1ccccc1. The zero-order valence-corrected chi connectivity index (χ0v) is 9.02. The van der Waals surface area contributed by atoms with Gasteiger partial charge in [-0.05, 0) is 5.56 Å². The second-order valence-corrected chi connectivity index (χ2v) is 3.70. The van der Waals surface area contributed by atoms with E-state index in [0.29, 0.717) is 11.0 Å².